The Kier molecular flexibility index (Phi) is 4.93. The highest BCUT2D eigenvalue weighted by Crippen LogP contribution is 2.30. The number of hydrogen-bond donors (Lipinski definition) is 1. The van der Waals surface area contributed by atoms with E-state index >= 15 is 0 Å². The third-order valence-corrected chi connectivity index (χ3v) is 6.26. The van der Waals surface area contributed by atoms with Gasteiger partial charge in [0.1, 0.15) is 9.96 Å². The van der Waals surface area contributed by atoms with E-state index in [0.29, 0.717) is 10.1 Å². The molecule has 0 aliphatic carbocycles. The summed E-state index contributed by atoms with van der Waals surface area (Å²) >= 11 is 6.82. The third-order valence-electron chi connectivity index (χ3n) is 3.00. The summed E-state index contributed by atoms with van der Waals surface area (Å²) in [5, 5.41) is 0. The molecule has 1 aromatic carbocycles. The van der Waals surface area contributed by atoms with Crippen LogP contribution in [0.15, 0.2) is 34.5 Å². The van der Waals surface area contributed by atoms with Crippen LogP contribution in [-0.2, 0) is 10.0 Å². The van der Waals surface area contributed by atoms with E-state index in [1.807, 2.05) is 25.1 Å². The average Bonchev–Trinajstić information content (AvgIpc) is 2.85. The fourth-order valence-electron chi connectivity index (χ4n) is 1.99. The summed E-state index contributed by atoms with van der Waals surface area (Å²) in [5.74, 6) is 0.653. The number of methoxy groups -OCH3 is 1. The Morgan fingerprint density at radius 1 is 1.29 bits per heavy atom. The highest BCUT2D eigenvalue weighted by molar-refractivity contribution is 7.91. The summed E-state index contributed by atoms with van der Waals surface area (Å²) in [6.07, 6.45) is 0. The lowest BCUT2D eigenvalue weighted by molar-refractivity contribution is 0.405. The highest BCUT2D eigenvalue weighted by Gasteiger charge is 2.22. The molecule has 1 N–H and O–H groups in total. The Balaban J connectivity index is 2.29. The number of ether oxygens (including phenoxy) is 1. The molecule has 4 nitrogen and oxygen atoms in total. The fraction of sp³-hybridized carbons (Fsp3) is 0.286. The summed E-state index contributed by atoms with van der Waals surface area (Å²) in [6, 6.07) is 8.31. The highest BCUT2D eigenvalue weighted by atomic mass is 35.5. The SMILES string of the molecule is COc1ccc(C)cc1C(C)NS(=O)(=O)c1ccc(Cl)s1. The standard InChI is InChI=1S/C14H16ClNO3S2/c1-9-4-5-12(19-3)11(8-9)10(2)16-21(17,18)14-7-6-13(15)20-14/h4-8,10,16H,1-3H3. The van der Waals surface area contributed by atoms with Crippen LogP contribution in [0, 0.1) is 6.92 Å². The number of thiophene rings is 1. The largest absolute Gasteiger partial charge is 0.496 e. The molecule has 0 fully saturated rings. The minimum atomic E-state index is -3.60. The van der Waals surface area contributed by atoms with Crippen molar-refractivity contribution < 1.29 is 13.2 Å². The molecule has 1 atom stereocenters. The van der Waals surface area contributed by atoms with Crippen LogP contribution >= 0.6 is 22.9 Å². The number of halogens is 1. The van der Waals surface area contributed by atoms with Crippen molar-refractivity contribution in [3.05, 3.63) is 45.8 Å². The maximum atomic E-state index is 12.3. The molecule has 114 valence electrons. The fourth-order valence-corrected chi connectivity index (χ4v) is 4.71. The van der Waals surface area contributed by atoms with Crippen molar-refractivity contribution in [3.63, 3.8) is 0 Å². The lowest BCUT2D eigenvalue weighted by Gasteiger charge is -2.17. The maximum absolute atomic E-state index is 12.3. The van der Waals surface area contributed by atoms with E-state index in [-0.39, 0.29) is 4.21 Å². The van der Waals surface area contributed by atoms with Gasteiger partial charge in [0.05, 0.1) is 11.4 Å². The van der Waals surface area contributed by atoms with Gasteiger partial charge in [-0.15, -0.1) is 11.3 Å². The monoisotopic (exact) mass is 345 g/mol. The molecule has 21 heavy (non-hydrogen) atoms. The first kappa shape index (κ1) is 16.3. The van der Waals surface area contributed by atoms with E-state index in [1.54, 1.807) is 20.1 Å². The Hall–Kier alpha value is -1.08. The van der Waals surface area contributed by atoms with Crippen LogP contribution < -0.4 is 9.46 Å². The van der Waals surface area contributed by atoms with E-state index in [2.05, 4.69) is 4.72 Å². The molecular weight excluding hydrogens is 330 g/mol. The van der Waals surface area contributed by atoms with Gasteiger partial charge in [-0.2, -0.15) is 0 Å². The third kappa shape index (κ3) is 3.77. The molecule has 0 amide bonds. The number of sulfonamides is 1. The van der Waals surface area contributed by atoms with Crippen LogP contribution in [0.3, 0.4) is 0 Å². The van der Waals surface area contributed by atoms with Crippen molar-refractivity contribution in [2.24, 2.45) is 0 Å². The first-order valence-corrected chi connectivity index (χ1v) is 8.93. The van der Waals surface area contributed by atoms with E-state index < -0.39 is 16.1 Å². The summed E-state index contributed by atoms with van der Waals surface area (Å²) in [4.78, 5) is 0. The number of rotatable bonds is 5. The number of hydrogen-bond acceptors (Lipinski definition) is 4. The van der Waals surface area contributed by atoms with Gasteiger partial charge in [-0.05, 0) is 32.0 Å². The second-order valence-corrected chi connectivity index (χ2v) is 8.30. The minimum absolute atomic E-state index is 0.200. The number of benzene rings is 1. The molecule has 1 unspecified atom stereocenters. The van der Waals surface area contributed by atoms with Gasteiger partial charge in [0.2, 0.25) is 0 Å². The van der Waals surface area contributed by atoms with Crippen molar-refractivity contribution in [2.45, 2.75) is 24.1 Å². The molecule has 0 saturated heterocycles. The normalized spacial score (nSPS) is 13.1. The van der Waals surface area contributed by atoms with Crippen LogP contribution in [-0.4, -0.2) is 15.5 Å². The summed E-state index contributed by atoms with van der Waals surface area (Å²) < 4.78 is 33.2. The predicted octanol–water partition coefficient (Wildman–Crippen LogP) is 3.76. The first-order chi connectivity index (χ1) is 9.83. The van der Waals surface area contributed by atoms with Crippen molar-refractivity contribution in [1.82, 2.24) is 4.72 Å². The smallest absolute Gasteiger partial charge is 0.250 e. The van der Waals surface area contributed by atoms with Crippen LogP contribution in [0.4, 0.5) is 0 Å². The predicted molar refractivity (Wildman–Crippen MR) is 85.8 cm³/mol. The molecule has 0 radical (unpaired) electrons. The molecule has 2 aromatic rings. The van der Waals surface area contributed by atoms with Crippen LogP contribution in [0.2, 0.25) is 4.34 Å². The zero-order valence-corrected chi connectivity index (χ0v) is 14.3. The average molecular weight is 346 g/mol. The molecule has 0 aliphatic rings. The second kappa shape index (κ2) is 6.36. The Morgan fingerprint density at radius 3 is 2.57 bits per heavy atom. The minimum Gasteiger partial charge on any atom is -0.496 e. The molecule has 0 spiro atoms. The van der Waals surface area contributed by atoms with E-state index in [1.165, 1.54) is 6.07 Å². The second-order valence-electron chi connectivity index (χ2n) is 4.65. The number of aryl methyl sites for hydroxylation is 1. The Bertz CT molecular complexity index is 740. The van der Waals surface area contributed by atoms with Crippen LogP contribution in [0.5, 0.6) is 5.75 Å². The quantitative estimate of drug-likeness (QED) is 0.897. The van der Waals surface area contributed by atoms with Gasteiger partial charge in [0.25, 0.3) is 10.0 Å². The van der Waals surface area contributed by atoms with Gasteiger partial charge < -0.3 is 4.74 Å². The topological polar surface area (TPSA) is 55.4 Å². The zero-order valence-electron chi connectivity index (χ0n) is 11.9. The first-order valence-electron chi connectivity index (χ1n) is 6.25. The zero-order chi connectivity index (χ0) is 15.6. The molecular formula is C14H16ClNO3S2. The molecule has 0 saturated carbocycles. The molecule has 1 aromatic heterocycles. The van der Waals surface area contributed by atoms with Crippen molar-refractivity contribution in [3.8, 4) is 5.75 Å². The van der Waals surface area contributed by atoms with Gasteiger partial charge in [-0.1, -0.05) is 29.3 Å². The lowest BCUT2D eigenvalue weighted by atomic mass is 10.1. The maximum Gasteiger partial charge on any atom is 0.250 e. The van der Waals surface area contributed by atoms with Crippen LogP contribution in [0.1, 0.15) is 24.1 Å². The summed E-state index contributed by atoms with van der Waals surface area (Å²) in [5.41, 5.74) is 1.83. The van der Waals surface area contributed by atoms with Crippen molar-refractivity contribution >= 4 is 33.0 Å². The molecule has 0 bridgehead atoms. The van der Waals surface area contributed by atoms with Crippen LogP contribution in [0.25, 0.3) is 0 Å². The van der Waals surface area contributed by atoms with E-state index in [9.17, 15) is 8.42 Å². The van der Waals surface area contributed by atoms with Crippen molar-refractivity contribution in [2.75, 3.05) is 7.11 Å². The molecule has 2 rings (SSSR count). The van der Waals surface area contributed by atoms with Gasteiger partial charge in [-0.25, -0.2) is 13.1 Å². The molecule has 1 heterocycles. The lowest BCUT2D eigenvalue weighted by Crippen LogP contribution is -2.26. The van der Waals surface area contributed by atoms with Crippen molar-refractivity contribution in [1.29, 1.82) is 0 Å². The number of nitrogens with one attached hydrogen (secondary N) is 1. The van der Waals surface area contributed by atoms with Gasteiger partial charge in [-0.3, -0.25) is 0 Å². The summed E-state index contributed by atoms with van der Waals surface area (Å²) in [7, 11) is -2.03. The summed E-state index contributed by atoms with van der Waals surface area (Å²) in [6.45, 7) is 3.73. The van der Waals surface area contributed by atoms with Gasteiger partial charge in [0.15, 0.2) is 0 Å². The van der Waals surface area contributed by atoms with Gasteiger partial charge >= 0.3 is 0 Å². The molecule has 7 heteroatoms. The Morgan fingerprint density at radius 2 is 2.00 bits per heavy atom. The van der Waals surface area contributed by atoms with E-state index in [4.69, 9.17) is 16.3 Å². The molecule has 0 aliphatic heterocycles. The van der Waals surface area contributed by atoms with Gasteiger partial charge in [0, 0.05) is 11.6 Å². The van der Waals surface area contributed by atoms with E-state index in [0.717, 1.165) is 22.5 Å². The Labute approximate surface area is 133 Å².